The summed E-state index contributed by atoms with van der Waals surface area (Å²) >= 11 is 0. The van der Waals surface area contributed by atoms with Crippen LogP contribution in [0, 0.1) is 5.92 Å². The Labute approximate surface area is 126 Å². The maximum atomic E-state index is 12.9. The second kappa shape index (κ2) is 7.05. The molecule has 0 saturated carbocycles. The van der Waals surface area contributed by atoms with Crippen molar-refractivity contribution in [3.63, 3.8) is 0 Å². The quantitative estimate of drug-likeness (QED) is 0.769. The third kappa shape index (κ3) is 3.44. The van der Waals surface area contributed by atoms with E-state index in [2.05, 4.69) is 10.6 Å². The first kappa shape index (κ1) is 16.0. The van der Waals surface area contributed by atoms with Crippen molar-refractivity contribution in [3.8, 4) is 0 Å². The van der Waals surface area contributed by atoms with E-state index < -0.39 is 5.41 Å². The smallest absolute Gasteiger partial charge is 0.231 e. The summed E-state index contributed by atoms with van der Waals surface area (Å²) in [6.07, 6.45) is 1.58. The molecule has 116 valence electrons. The minimum absolute atomic E-state index is 0.0213. The van der Waals surface area contributed by atoms with Crippen LogP contribution < -0.4 is 10.6 Å². The number of benzene rings is 1. The largest absolute Gasteiger partial charge is 0.394 e. The summed E-state index contributed by atoms with van der Waals surface area (Å²) in [6, 6.07) is 9.83. The number of piperidine rings is 1. The molecule has 2 rings (SSSR count). The molecular formula is C17H26N2O2. The Bertz CT molecular complexity index is 453. The first-order valence-corrected chi connectivity index (χ1v) is 7.78. The highest BCUT2D eigenvalue weighted by Crippen LogP contribution is 2.34. The van der Waals surface area contributed by atoms with Crippen molar-refractivity contribution in [2.24, 2.45) is 5.92 Å². The summed E-state index contributed by atoms with van der Waals surface area (Å²) in [5, 5.41) is 15.9. The van der Waals surface area contributed by atoms with E-state index in [1.807, 2.05) is 44.2 Å². The monoisotopic (exact) mass is 290 g/mol. The van der Waals surface area contributed by atoms with Gasteiger partial charge in [0, 0.05) is 0 Å². The minimum atomic E-state index is -0.477. The maximum absolute atomic E-state index is 12.9. The normalized spacial score (nSPS) is 19.2. The zero-order valence-electron chi connectivity index (χ0n) is 12.9. The second-order valence-corrected chi connectivity index (χ2v) is 6.20. The van der Waals surface area contributed by atoms with Crippen molar-refractivity contribution in [1.82, 2.24) is 10.6 Å². The fraction of sp³-hybridized carbons (Fsp3) is 0.588. The van der Waals surface area contributed by atoms with E-state index >= 15 is 0 Å². The molecule has 1 amide bonds. The summed E-state index contributed by atoms with van der Waals surface area (Å²) in [6.45, 7) is 5.69. The van der Waals surface area contributed by atoms with Gasteiger partial charge in [0.2, 0.25) is 5.91 Å². The molecule has 0 bridgehead atoms. The number of aliphatic hydroxyl groups excluding tert-OH is 1. The summed E-state index contributed by atoms with van der Waals surface area (Å²) in [4.78, 5) is 12.9. The van der Waals surface area contributed by atoms with Crippen molar-refractivity contribution in [3.05, 3.63) is 35.9 Å². The Kier molecular flexibility index (Phi) is 5.37. The summed E-state index contributed by atoms with van der Waals surface area (Å²) in [7, 11) is 0. The molecule has 1 heterocycles. The second-order valence-electron chi connectivity index (χ2n) is 6.20. The molecule has 1 atom stereocenters. The Hall–Kier alpha value is -1.39. The lowest BCUT2D eigenvalue weighted by Gasteiger charge is -2.38. The number of rotatable bonds is 5. The molecule has 0 spiro atoms. The van der Waals surface area contributed by atoms with Crippen molar-refractivity contribution >= 4 is 5.91 Å². The highest BCUT2D eigenvalue weighted by molar-refractivity contribution is 5.88. The number of carbonyl (C=O) groups excluding carboxylic acids is 1. The Balaban J connectivity index is 2.26. The molecule has 1 aliphatic heterocycles. The van der Waals surface area contributed by atoms with Crippen molar-refractivity contribution < 1.29 is 9.90 Å². The van der Waals surface area contributed by atoms with Crippen LogP contribution in [-0.2, 0) is 10.2 Å². The molecule has 3 N–H and O–H groups in total. The topological polar surface area (TPSA) is 61.4 Å². The molecular weight excluding hydrogens is 264 g/mol. The van der Waals surface area contributed by atoms with Crippen molar-refractivity contribution in [2.45, 2.75) is 38.1 Å². The average molecular weight is 290 g/mol. The van der Waals surface area contributed by atoms with Gasteiger partial charge in [-0.3, -0.25) is 4.79 Å². The average Bonchev–Trinajstić information content (AvgIpc) is 2.53. The van der Waals surface area contributed by atoms with Gasteiger partial charge in [-0.05, 0) is 37.4 Å². The van der Waals surface area contributed by atoms with Crippen LogP contribution in [0.3, 0.4) is 0 Å². The van der Waals surface area contributed by atoms with E-state index in [1.54, 1.807) is 0 Å². The highest BCUT2D eigenvalue weighted by atomic mass is 16.3. The van der Waals surface area contributed by atoms with E-state index in [1.165, 1.54) is 0 Å². The molecule has 0 radical (unpaired) electrons. The summed E-state index contributed by atoms with van der Waals surface area (Å²) in [5.74, 6) is 0.261. The van der Waals surface area contributed by atoms with Crippen LogP contribution in [0.4, 0.5) is 0 Å². The lowest BCUT2D eigenvalue weighted by atomic mass is 9.72. The molecule has 1 aromatic rings. The van der Waals surface area contributed by atoms with Crippen LogP contribution in [0.15, 0.2) is 30.3 Å². The molecule has 4 nitrogen and oxygen atoms in total. The van der Waals surface area contributed by atoms with E-state index in [0.29, 0.717) is 0 Å². The molecule has 1 fully saturated rings. The Morgan fingerprint density at radius 1 is 1.29 bits per heavy atom. The molecule has 1 saturated heterocycles. The highest BCUT2D eigenvalue weighted by Gasteiger charge is 2.41. The predicted molar refractivity (Wildman–Crippen MR) is 84.1 cm³/mol. The molecule has 4 heteroatoms. The van der Waals surface area contributed by atoms with Crippen LogP contribution in [-0.4, -0.2) is 36.8 Å². The van der Waals surface area contributed by atoms with Gasteiger partial charge in [-0.25, -0.2) is 0 Å². The minimum Gasteiger partial charge on any atom is -0.394 e. The molecule has 0 aromatic heterocycles. The Morgan fingerprint density at radius 2 is 1.90 bits per heavy atom. The standard InChI is InChI=1S/C17H26N2O2/c1-13(2)15(12-20)19-16(21)17(8-10-18-11-9-17)14-6-4-3-5-7-14/h3-7,13,15,18,20H,8-12H2,1-2H3,(H,19,21)/t15-/m1/s1. The number of aliphatic hydroxyl groups is 1. The molecule has 1 aliphatic rings. The number of hydrogen-bond acceptors (Lipinski definition) is 3. The fourth-order valence-electron chi connectivity index (χ4n) is 2.99. The zero-order valence-corrected chi connectivity index (χ0v) is 12.9. The lowest BCUT2D eigenvalue weighted by Crippen LogP contribution is -2.54. The molecule has 21 heavy (non-hydrogen) atoms. The van der Waals surface area contributed by atoms with Gasteiger partial charge >= 0.3 is 0 Å². The van der Waals surface area contributed by atoms with Gasteiger partial charge in [-0.15, -0.1) is 0 Å². The van der Waals surface area contributed by atoms with E-state index in [9.17, 15) is 9.90 Å². The fourth-order valence-corrected chi connectivity index (χ4v) is 2.99. The lowest BCUT2D eigenvalue weighted by molar-refractivity contribution is -0.129. The van der Waals surface area contributed by atoms with E-state index in [4.69, 9.17) is 0 Å². The SMILES string of the molecule is CC(C)[C@@H](CO)NC(=O)C1(c2ccccc2)CCNCC1. The molecule has 0 unspecified atom stereocenters. The van der Waals surface area contributed by atoms with Crippen LogP contribution >= 0.6 is 0 Å². The van der Waals surface area contributed by atoms with Gasteiger partial charge in [-0.2, -0.15) is 0 Å². The first-order valence-electron chi connectivity index (χ1n) is 7.78. The van der Waals surface area contributed by atoms with Gasteiger partial charge in [0.25, 0.3) is 0 Å². The molecule has 1 aromatic carbocycles. The summed E-state index contributed by atoms with van der Waals surface area (Å²) < 4.78 is 0. The maximum Gasteiger partial charge on any atom is 0.231 e. The third-order valence-electron chi connectivity index (χ3n) is 4.54. The first-order chi connectivity index (χ1) is 10.1. The van der Waals surface area contributed by atoms with Gasteiger partial charge in [-0.1, -0.05) is 44.2 Å². The Morgan fingerprint density at radius 3 is 2.43 bits per heavy atom. The van der Waals surface area contributed by atoms with Crippen LogP contribution in [0.5, 0.6) is 0 Å². The number of amides is 1. The van der Waals surface area contributed by atoms with Crippen LogP contribution in [0.1, 0.15) is 32.3 Å². The third-order valence-corrected chi connectivity index (χ3v) is 4.54. The number of carbonyl (C=O) groups is 1. The van der Waals surface area contributed by atoms with Gasteiger partial charge in [0.05, 0.1) is 18.1 Å². The van der Waals surface area contributed by atoms with Crippen molar-refractivity contribution in [1.29, 1.82) is 0 Å². The summed E-state index contributed by atoms with van der Waals surface area (Å²) in [5.41, 5.74) is 0.596. The van der Waals surface area contributed by atoms with Crippen molar-refractivity contribution in [2.75, 3.05) is 19.7 Å². The van der Waals surface area contributed by atoms with Gasteiger partial charge in [0.15, 0.2) is 0 Å². The van der Waals surface area contributed by atoms with Gasteiger partial charge in [0.1, 0.15) is 0 Å². The van der Waals surface area contributed by atoms with Crippen LogP contribution in [0.25, 0.3) is 0 Å². The zero-order chi connectivity index (χ0) is 15.3. The number of nitrogens with one attached hydrogen (secondary N) is 2. The molecule has 0 aliphatic carbocycles. The van der Waals surface area contributed by atoms with Crippen LogP contribution in [0.2, 0.25) is 0 Å². The van der Waals surface area contributed by atoms with E-state index in [0.717, 1.165) is 31.5 Å². The van der Waals surface area contributed by atoms with Gasteiger partial charge < -0.3 is 15.7 Å². The van der Waals surface area contributed by atoms with E-state index in [-0.39, 0.29) is 24.5 Å². The predicted octanol–water partition coefficient (Wildman–Crippen LogP) is 1.44. The number of hydrogen-bond donors (Lipinski definition) is 3.